The van der Waals surface area contributed by atoms with Gasteiger partial charge in [0, 0.05) is 6.54 Å². The summed E-state index contributed by atoms with van der Waals surface area (Å²) < 4.78 is 5.42. The number of rotatable bonds is 9. The number of ether oxygens (including phenoxy) is 1. The summed E-state index contributed by atoms with van der Waals surface area (Å²) in [7, 11) is 0. The van der Waals surface area contributed by atoms with E-state index in [1.807, 2.05) is 0 Å². The van der Waals surface area contributed by atoms with Crippen LogP contribution in [0.5, 0.6) is 0 Å². The standard InChI is InChI=1S/C26H42N4O6/c1-26(2,3)36-25(35)29-20(17-11-5-4-6-12-17)24(34)30-14-8-13-19(30)23(33)28-18(21(31)22(27)32)15-16-9-7-10-16/h16-20H,4-15H2,1-3H3,(H2,27,32)(H,28,33)(H,29,35)/t18?,19-,20?/m0/s1. The number of nitrogens with two attached hydrogens (primary N) is 1. The third kappa shape index (κ3) is 7.43. The number of ketones is 1. The number of hydrogen-bond acceptors (Lipinski definition) is 6. The van der Waals surface area contributed by atoms with Crippen LogP contribution in [-0.4, -0.2) is 64.8 Å². The molecule has 3 aliphatic rings. The first-order valence-corrected chi connectivity index (χ1v) is 13.4. The number of Topliss-reactive ketones (excluding diaryl/α,β-unsaturated/α-hetero) is 1. The van der Waals surface area contributed by atoms with Crippen molar-refractivity contribution in [3.8, 4) is 0 Å². The van der Waals surface area contributed by atoms with Crippen LogP contribution >= 0.6 is 0 Å². The van der Waals surface area contributed by atoms with Gasteiger partial charge >= 0.3 is 6.09 Å². The SMILES string of the molecule is CC(C)(C)OC(=O)NC(C(=O)N1CCC[C@H]1C(=O)NC(CC1CCC1)C(=O)C(N)=O)C1CCCCC1. The zero-order valence-corrected chi connectivity index (χ0v) is 21.8. The normalized spacial score (nSPS) is 22.8. The lowest BCUT2D eigenvalue weighted by Gasteiger charge is -2.35. The Labute approximate surface area is 213 Å². The number of nitrogens with zero attached hydrogens (tertiary/aromatic N) is 1. The molecule has 36 heavy (non-hydrogen) atoms. The highest BCUT2D eigenvalue weighted by Crippen LogP contribution is 2.32. The van der Waals surface area contributed by atoms with E-state index in [4.69, 9.17) is 10.5 Å². The molecule has 4 amide bonds. The van der Waals surface area contributed by atoms with E-state index in [1.54, 1.807) is 20.8 Å². The van der Waals surface area contributed by atoms with E-state index in [0.717, 1.165) is 51.4 Å². The summed E-state index contributed by atoms with van der Waals surface area (Å²) in [5.41, 5.74) is 4.53. The number of alkyl carbamates (subject to hydrolysis) is 1. The van der Waals surface area contributed by atoms with Gasteiger partial charge in [-0.05, 0) is 64.7 Å². The minimum Gasteiger partial charge on any atom is -0.444 e. The molecule has 3 rings (SSSR count). The highest BCUT2D eigenvalue weighted by molar-refractivity contribution is 6.37. The van der Waals surface area contributed by atoms with Crippen molar-refractivity contribution in [2.75, 3.05) is 6.54 Å². The van der Waals surface area contributed by atoms with E-state index in [0.29, 0.717) is 25.8 Å². The number of carbonyl (C=O) groups excluding carboxylic acids is 5. The van der Waals surface area contributed by atoms with Crippen LogP contribution < -0.4 is 16.4 Å². The molecule has 0 aromatic rings. The number of amides is 4. The second-order valence-corrected chi connectivity index (χ2v) is 11.5. The minimum atomic E-state index is -1.07. The molecule has 0 bridgehead atoms. The Morgan fingerprint density at radius 1 is 0.917 bits per heavy atom. The van der Waals surface area contributed by atoms with Crippen LogP contribution in [0, 0.1) is 11.8 Å². The Kier molecular flexibility index (Phi) is 9.35. The molecule has 1 aliphatic heterocycles. The Morgan fingerprint density at radius 2 is 1.58 bits per heavy atom. The van der Waals surface area contributed by atoms with Gasteiger partial charge in [0.15, 0.2) is 0 Å². The lowest BCUT2D eigenvalue weighted by atomic mass is 9.80. The van der Waals surface area contributed by atoms with Crippen molar-refractivity contribution in [3.05, 3.63) is 0 Å². The van der Waals surface area contributed by atoms with Crippen LogP contribution in [0.1, 0.15) is 91.4 Å². The van der Waals surface area contributed by atoms with Gasteiger partial charge < -0.3 is 26.0 Å². The van der Waals surface area contributed by atoms with E-state index in [9.17, 15) is 24.0 Å². The summed E-state index contributed by atoms with van der Waals surface area (Å²) in [6, 6.07) is -2.54. The van der Waals surface area contributed by atoms with Gasteiger partial charge in [-0.1, -0.05) is 38.5 Å². The van der Waals surface area contributed by atoms with Gasteiger partial charge in [-0.2, -0.15) is 0 Å². The van der Waals surface area contributed by atoms with Gasteiger partial charge in [0.25, 0.3) is 5.91 Å². The number of nitrogens with one attached hydrogen (secondary N) is 2. The second-order valence-electron chi connectivity index (χ2n) is 11.5. The van der Waals surface area contributed by atoms with Crippen molar-refractivity contribution >= 4 is 29.6 Å². The summed E-state index contributed by atoms with van der Waals surface area (Å²) in [5, 5.41) is 5.51. The van der Waals surface area contributed by atoms with E-state index < -0.39 is 47.4 Å². The average molecular weight is 507 g/mol. The van der Waals surface area contributed by atoms with E-state index in [-0.39, 0.29) is 17.7 Å². The van der Waals surface area contributed by atoms with Crippen molar-refractivity contribution in [1.29, 1.82) is 0 Å². The number of primary amides is 1. The summed E-state index contributed by atoms with van der Waals surface area (Å²) in [5.74, 6) is -2.41. The van der Waals surface area contributed by atoms with Crippen molar-refractivity contribution in [2.24, 2.45) is 17.6 Å². The largest absolute Gasteiger partial charge is 0.444 e. The maximum atomic E-state index is 13.8. The zero-order chi connectivity index (χ0) is 26.5. The zero-order valence-electron chi connectivity index (χ0n) is 21.8. The fourth-order valence-corrected chi connectivity index (χ4v) is 5.50. The molecule has 10 nitrogen and oxygen atoms in total. The molecule has 0 spiro atoms. The van der Waals surface area contributed by atoms with Gasteiger partial charge in [-0.3, -0.25) is 19.2 Å². The Balaban J connectivity index is 1.73. The Hall–Kier alpha value is -2.65. The van der Waals surface area contributed by atoms with Crippen LogP contribution in [0.25, 0.3) is 0 Å². The lowest BCUT2D eigenvalue weighted by Crippen LogP contribution is -2.58. The molecule has 0 aromatic carbocycles. The fourth-order valence-electron chi connectivity index (χ4n) is 5.50. The topological polar surface area (TPSA) is 148 Å². The number of hydrogen-bond donors (Lipinski definition) is 3. The second kappa shape index (κ2) is 12.1. The minimum absolute atomic E-state index is 0.0362. The van der Waals surface area contributed by atoms with Crippen molar-refractivity contribution < 1.29 is 28.7 Å². The van der Waals surface area contributed by atoms with Gasteiger partial charge in [-0.15, -0.1) is 0 Å². The van der Waals surface area contributed by atoms with E-state index in [1.165, 1.54) is 4.90 Å². The monoisotopic (exact) mass is 506 g/mol. The van der Waals surface area contributed by atoms with Crippen LogP contribution in [-0.2, 0) is 23.9 Å². The average Bonchev–Trinajstić information content (AvgIpc) is 3.27. The Morgan fingerprint density at radius 3 is 2.14 bits per heavy atom. The smallest absolute Gasteiger partial charge is 0.408 e. The van der Waals surface area contributed by atoms with Gasteiger partial charge in [0.2, 0.25) is 17.6 Å². The van der Waals surface area contributed by atoms with Gasteiger partial charge in [-0.25, -0.2) is 4.79 Å². The van der Waals surface area contributed by atoms with Crippen molar-refractivity contribution in [2.45, 2.75) is 115 Å². The maximum Gasteiger partial charge on any atom is 0.408 e. The van der Waals surface area contributed by atoms with Crippen LogP contribution in [0.15, 0.2) is 0 Å². The van der Waals surface area contributed by atoms with Crippen LogP contribution in [0.4, 0.5) is 4.79 Å². The van der Waals surface area contributed by atoms with Gasteiger partial charge in [0.1, 0.15) is 17.7 Å². The highest BCUT2D eigenvalue weighted by atomic mass is 16.6. The molecule has 4 N–H and O–H groups in total. The lowest BCUT2D eigenvalue weighted by molar-refractivity contribution is -0.143. The van der Waals surface area contributed by atoms with Crippen LogP contribution in [0.3, 0.4) is 0 Å². The summed E-state index contributed by atoms with van der Waals surface area (Å²) in [6.07, 6.45) is 8.44. The first-order valence-electron chi connectivity index (χ1n) is 13.4. The summed E-state index contributed by atoms with van der Waals surface area (Å²) >= 11 is 0. The predicted octanol–water partition coefficient (Wildman–Crippen LogP) is 2.18. The maximum absolute atomic E-state index is 13.8. The van der Waals surface area contributed by atoms with Crippen LogP contribution in [0.2, 0.25) is 0 Å². The molecule has 2 unspecified atom stereocenters. The van der Waals surface area contributed by atoms with Gasteiger partial charge in [0.05, 0.1) is 6.04 Å². The summed E-state index contributed by atoms with van der Waals surface area (Å²) in [4.78, 5) is 65.1. The van der Waals surface area contributed by atoms with E-state index in [2.05, 4.69) is 10.6 Å². The molecule has 2 aliphatic carbocycles. The Bertz CT molecular complexity index is 844. The molecule has 202 valence electrons. The molecule has 2 saturated carbocycles. The van der Waals surface area contributed by atoms with Crippen molar-refractivity contribution in [3.63, 3.8) is 0 Å². The molecular formula is C26H42N4O6. The third-order valence-electron chi connectivity index (χ3n) is 7.57. The molecule has 1 saturated heterocycles. The highest BCUT2D eigenvalue weighted by Gasteiger charge is 2.42. The predicted molar refractivity (Wildman–Crippen MR) is 133 cm³/mol. The quantitative estimate of drug-likeness (QED) is 0.408. The molecule has 1 heterocycles. The third-order valence-corrected chi connectivity index (χ3v) is 7.57. The molecule has 3 fully saturated rings. The number of likely N-dealkylation sites (tertiary alicyclic amines) is 1. The molecule has 0 radical (unpaired) electrons. The first-order chi connectivity index (χ1) is 17.0. The molecule has 0 aromatic heterocycles. The van der Waals surface area contributed by atoms with E-state index >= 15 is 0 Å². The first kappa shape index (κ1) is 27.9. The molecular weight excluding hydrogens is 464 g/mol. The number of carbonyl (C=O) groups is 5. The van der Waals surface area contributed by atoms with Crippen molar-refractivity contribution in [1.82, 2.24) is 15.5 Å². The summed E-state index contributed by atoms with van der Waals surface area (Å²) in [6.45, 7) is 5.67. The molecule has 3 atom stereocenters. The fraction of sp³-hybridized carbons (Fsp3) is 0.808. The molecule has 10 heteroatoms.